The lowest BCUT2D eigenvalue weighted by Crippen LogP contribution is -2.24. The molecule has 130 valence electrons. The summed E-state index contributed by atoms with van der Waals surface area (Å²) in [7, 11) is 0. The van der Waals surface area contributed by atoms with Gasteiger partial charge >= 0.3 is 0 Å². The Hall–Kier alpha value is -2.36. The summed E-state index contributed by atoms with van der Waals surface area (Å²) in [5, 5.41) is 0. The van der Waals surface area contributed by atoms with Crippen molar-refractivity contribution in [2.24, 2.45) is 17.8 Å². The largest absolute Gasteiger partial charge is 0.300 e. The van der Waals surface area contributed by atoms with Crippen LogP contribution in [0.25, 0.3) is 0 Å². The van der Waals surface area contributed by atoms with E-state index in [0.29, 0.717) is 18.4 Å². The Bertz CT molecular complexity index is 765. The zero-order valence-corrected chi connectivity index (χ0v) is 14.0. The van der Waals surface area contributed by atoms with Crippen LogP contribution in [-0.4, -0.2) is 11.6 Å². The lowest BCUT2D eigenvalue weighted by molar-refractivity contribution is -0.121. The number of ketones is 2. The van der Waals surface area contributed by atoms with Crippen LogP contribution in [-0.2, 0) is 11.2 Å². The molecule has 0 amide bonds. The average Bonchev–Trinajstić information content (AvgIpc) is 3.01. The zero-order chi connectivity index (χ0) is 18.0. The topological polar surface area (TPSA) is 34.1 Å². The van der Waals surface area contributed by atoms with Crippen molar-refractivity contribution >= 4 is 11.6 Å². The van der Waals surface area contributed by atoms with Gasteiger partial charge in [0.05, 0.1) is 0 Å². The van der Waals surface area contributed by atoms with Crippen molar-refractivity contribution in [3.63, 3.8) is 0 Å². The van der Waals surface area contributed by atoms with Crippen molar-refractivity contribution in [1.29, 1.82) is 0 Å². The Morgan fingerprint density at radius 1 is 0.880 bits per heavy atom. The van der Waals surface area contributed by atoms with Crippen LogP contribution in [0.3, 0.4) is 0 Å². The number of carbonyl (C=O) groups is 2. The predicted octanol–water partition coefficient (Wildman–Crippen LogP) is 4.62. The van der Waals surface area contributed by atoms with Gasteiger partial charge in [-0.3, -0.25) is 9.59 Å². The van der Waals surface area contributed by atoms with E-state index in [4.69, 9.17) is 0 Å². The van der Waals surface area contributed by atoms with E-state index in [9.17, 15) is 18.4 Å². The summed E-state index contributed by atoms with van der Waals surface area (Å²) in [6, 6.07) is 11.8. The Balaban J connectivity index is 1.76. The van der Waals surface area contributed by atoms with E-state index in [1.54, 1.807) is 12.1 Å². The minimum Gasteiger partial charge on any atom is -0.300 e. The fraction of sp³-hybridized carbons (Fsp3) is 0.333. The van der Waals surface area contributed by atoms with E-state index in [0.717, 1.165) is 12.0 Å². The molecule has 1 unspecified atom stereocenters. The Kier molecular flexibility index (Phi) is 5.07. The molecule has 0 bridgehead atoms. The van der Waals surface area contributed by atoms with Crippen LogP contribution in [0, 0.1) is 29.4 Å². The van der Waals surface area contributed by atoms with Gasteiger partial charge in [0.1, 0.15) is 17.4 Å². The third kappa shape index (κ3) is 4.01. The van der Waals surface area contributed by atoms with Gasteiger partial charge in [0.15, 0.2) is 5.78 Å². The fourth-order valence-electron chi connectivity index (χ4n) is 3.83. The second kappa shape index (κ2) is 7.26. The average molecular weight is 342 g/mol. The molecule has 1 aliphatic rings. The standard InChI is InChI=1S/C21H20F2O2/c1-13(24)19-11-15(10-14-2-6-17(22)7-3-14)12-20(19)21(25)16-4-8-18(23)9-5-16/h2-9,15,19-20H,10-12H2,1H3/t15-,19+,20?/m1/s1. The van der Waals surface area contributed by atoms with Crippen molar-refractivity contribution in [2.45, 2.75) is 26.2 Å². The summed E-state index contributed by atoms with van der Waals surface area (Å²) in [6.07, 6.45) is 2.00. The van der Waals surface area contributed by atoms with Crippen LogP contribution in [0.5, 0.6) is 0 Å². The van der Waals surface area contributed by atoms with E-state index >= 15 is 0 Å². The molecule has 0 aromatic heterocycles. The van der Waals surface area contributed by atoms with E-state index in [-0.39, 0.29) is 41.0 Å². The molecule has 1 fully saturated rings. The van der Waals surface area contributed by atoms with Crippen LogP contribution in [0.1, 0.15) is 35.7 Å². The monoisotopic (exact) mass is 342 g/mol. The zero-order valence-electron chi connectivity index (χ0n) is 14.0. The Morgan fingerprint density at radius 3 is 1.96 bits per heavy atom. The highest BCUT2D eigenvalue weighted by molar-refractivity contribution is 6.00. The van der Waals surface area contributed by atoms with Crippen LogP contribution >= 0.6 is 0 Å². The van der Waals surface area contributed by atoms with Crippen molar-refractivity contribution in [3.05, 3.63) is 71.3 Å². The van der Waals surface area contributed by atoms with Gasteiger partial charge in [-0.2, -0.15) is 0 Å². The fourth-order valence-corrected chi connectivity index (χ4v) is 3.83. The van der Waals surface area contributed by atoms with Crippen LogP contribution in [0.4, 0.5) is 8.78 Å². The number of Topliss-reactive ketones (excluding diaryl/α,β-unsaturated/α-hetero) is 2. The lowest BCUT2D eigenvalue weighted by Gasteiger charge is -2.15. The first-order chi connectivity index (χ1) is 11.9. The summed E-state index contributed by atoms with van der Waals surface area (Å²) >= 11 is 0. The molecular weight excluding hydrogens is 322 g/mol. The van der Waals surface area contributed by atoms with Gasteiger partial charge < -0.3 is 0 Å². The minimum absolute atomic E-state index is 0.0158. The Labute approximate surface area is 145 Å². The summed E-state index contributed by atoms with van der Waals surface area (Å²) < 4.78 is 26.1. The van der Waals surface area contributed by atoms with Gasteiger partial charge in [-0.15, -0.1) is 0 Å². The summed E-state index contributed by atoms with van der Waals surface area (Å²) in [4.78, 5) is 24.8. The summed E-state index contributed by atoms with van der Waals surface area (Å²) in [5.74, 6) is -1.21. The van der Waals surface area contributed by atoms with E-state index in [1.165, 1.54) is 43.3 Å². The van der Waals surface area contributed by atoms with Crippen molar-refractivity contribution in [3.8, 4) is 0 Å². The maximum Gasteiger partial charge on any atom is 0.166 e. The molecule has 2 nitrogen and oxygen atoms in total. The Morgan fingerprint density at radius 2 is 1.40 bits per heavy atom. The van der Waals surface area contributed by atoms with Crippen molar-refractivity contribution in [2.75, 3.05) is 0 Å². The molecule has 0 aliphatic heterocycles. The van der Waals surface area contributed by atoms with E-state index in [1.807, 2.05) is 0 Å². The number of rotatable bonds is 5. The molecule has 0 saturated heterocycles. The van der Waals surface area contributed by atoms with Gasteiger partial charge in [0.25, 0.3) is 0 Å². The molecular formula is C21H20F2O2. The SMILES string of the molecule is CC(=O)[C@@H]1C[C@@H](Cc2ccc(F)cc2)CC1C(=O)c1ccc(F)cc1. The molecule has 1 aliphatic carbocycles. The van der Waals surface area contributed by atoms with Gasteiger partial charge in [-0.05, 0) is 74.1 Å². The molecule has 0 N–H and O–H groups in total. The van der Waals surface area contributed by atoms with Crippen LogP contribution in [0.2, 0.25) is 0 Å². The normalized spacial score (nSPS) is 22.8. The molecule has 3 atom stereocenters. The molecule has 25 heavy (non-hydrogen) atoms. The highest BCUT2D eigenvalue weighted by Gasteiger charge is 2.41. The lowest BCUT2D eigenvalue weighted by atomic mass is 9.86. The molecule has 2 aromatic carbocycles. The highest BCUT2D eigenvalue weighted by Crippen LogP contribution is 2.40. The minimum atomic E-state index is -0.389. The quantitative estimate of drug-likeness (QED) is 0.743. The molecule has 0 heterocycles. The first-order valence-corrected chi connectivity index (χ1v) is 8.48. The summed E-state index contributed by atoms with van der Waals surface area (Å²) in [6.45, 7) is 1.52. The van der Waals surface area contributed by atoms with Crippen LogP contribution in [0.15, 0.2) is 48.5 Å². The van der Waals surface area contributed by atoms with Crippen molar-refractivity contribution in [1.82, 2.24) is 0 Å². The number of hydrogen-bond acceptors (Lipinski definition) is 2. The molecule has 1 saturated carbocycles. The smallest absolute Gasteiger partial charge is 0.166 e. The number of halogens is 2. The summed E-state index contributed by atoms with van der Waals surface area (Å²) in [5.41, 5.74) is 1.45. The molecule has 3 rings (SSSR count). The molecule has 0 spiro atoms. The van der Waals surface area contributed by atoms with Crippen molar-refractivity contribution < 1.29 is 18.4 Å². The van der Waals surface area contributed by atoms with Gasteiger partial charge in [-0.1, -0.05) is 12.1 Å². The number of carbonyl (C=O) groups excluding carboxylic acids is 2. The first-order valence-electron chi connectivity index (χ1n) is 8.48. The van der Waals surface area contributed by atoms with E-state index in [2.05, 4.69) is 0 Å². The maximum absolute atomic E-state index is 13.1. The number of benzene rings is 2. The molecule has 0 radical (unpaired) electrons. The first kappa shape index (κ1) is 17.5. The van der Waals surface area contributed by atoms with E-state index < -0.39 is 0 Å². The van der Waals surface area contributed by atoms with Gasteiger partial charge in [-0.25, -0.2) is 8.78 Å². The second-order valence-electron chi connectivity index (χ2n) is 6.86. The van der Waals surface area contributed by atoms with Gasteiger partial charge in [0.2, 0.25) is 0 Å². The van der Waals surface area contributed by atoms with Gasteiger partial charge in [0, 0.05) is 17.4 Å². The third-order valence-electron chi connectivity index (χ3n) is 5.09. The number of hydrogen-bond donors (Lipinski definition) is 0. The maximum atomic E-state index is 13.1. The third-order valence-corrected chi connectivity index (χ3v) is 5.09. The highest BCUT2D eigenvalue weighted by atomic mass is 19.1. The second-order valence-corrected chi connectivity index (χ2v) is 6.86. The molecule has 2 aromatic rings. The molecule has 4 heteroatoms. The van der Waals surface area contributed by atoms with Crippen LogP contribution < -0.4 is 0 Å². The predicted molar refractivity (Wildman–Crippen MR) is 91.2 cm³/mol.